The van der Waals surface area contributed by atoms with Crippen molar-refractivity contribution >= 4 is 21.8 Å². The number of ether oxygens (including phenoxy) is 1. The Morgan fingerprint density at radius 3 is 2.89 bits per heavy atom. The molecule has 0 fully saturated rings. The van der Waals surface area contributed by atoms with Crippen molar-refractivity contribution in [3.05, 3.63) is 34.1 Å². The summed E-state index contributed by atoms with van der Waals surface area (Å²) in [6, 6.07) is 3.97. The lowest BCUT2D eigenvalue weighted by Crippen LogP contribution is -2.28. The zero-order valence-electron chi connectivity index (χ0n) is 9.95. The second kappa shape index (κ2) is 7.45. The molecule has 4 nitrogen and oxygen atoms in total. The van der Waals surface area contributed by atoms with Gasteiger partial charge < -0.3 is 15.2 Å². The van der Waals surface area contributed by atoms with Gasteiger partial charge in [-0.3, -0.25) is 4.79 Å². The molecule has 0 saturated heterocycles. The van der Waals surface area contributed by atoms with Crippen LogP contribution in [0.4, 0.5) is 4.39 Å². The number of carbonyl (C=O) groups is 1. The van der Waals surface area contributed by atoms with E-state index >= 15 is 0 Å². The molecule has 0 radical (unpaired) electrons. The van der Waals surface area contributed by atoms with E-state index in [1.807, 2.05) is 0 Å². The number of hydrogen-bond donors (Lipinski definition) is 2. The molecule has 1 aromatic carbocycles. The van der Waals surface area contributed by atoms with Gasteiger partial charge in [-0.1, -0.05) is 15.9 Å². The zero-order chi connectivity index (χ0) is 13.5. The average molecular weight is 320 g/mol. The smallest absolute Gasteiger partial charge is 0.251 e. The third kappa shape index (κ3) is 5.12. The highest BCUT2D eigenvalue weighted by atomic mass is 79.9. The predicted molar refractivity (Wildman–Crippen MR) is 68.9 cm³/mol. The second-order valence-electron chi connectivity index (χ2n) is 3.81. The molecule has 6 heteroatoms. The lowest BCUT2D eigenvalue weighted by Gasteiger charge is -2.10. The van der Waals surface area contributed by atoms with E-state index in [0.717, 1.165) is 6.07 Å². The maximum Gasteiger partial charge on any atom is 0.251 e. The molecule has 0 aromatic heterocycles. The van der Waals surface area contributed by atoms with Crippen molar-refractivity contribution in [2.75, 3.05) is 20.3 Å². The van der Waals surface area contributed by atoms with E-state index in [2.05, 4.69) is 21.2 Å². The Balaban J connectivity index is 2.45. The number of aliphatic hydroxyl groups is 1. The average Bonchev–Trinajstić information content (AvgIpc) is 2.27. The molecule has 1 rings (SSSR count). The van der Waals surface area contributed by atoms with E-state index in [1.165, 1.54) is 19.2 Å². The number of nitrogens with one attached hydrogen (secondary N) is 1. The van der Waals surface area contributed by atoms with Crippen molar-refractivity contribution in [1.29, 1.82) is 0 Å². The topological polar surface area (TPSA) is 58.6 Å². The molecule has 0 heterocycles. The van der Waals surface area contributed by atoms with Crippen LogP contribution in [-0.2, 0) is 4.74 Å². The first kappa shape index (κ1) is 15.1. The number of halogens is 2. The largest absolute Gasteiger partial charge is 0.391 e. The van der Waals surface area contributed by atoms with Crippen LogP contribution in [0.5, 0.6) is 0 Å². The van der Waals surface area contributed by atoms with Crippen molar-refractivity contribution in [2.24, 2.45) is 0 Å². The zero-order valence-corrected chi connectivity index (χ0v) is 11.5. The molecule has 1 unspecified atom stereocenters. The van der Waals surface area contributed by atoms with Crippen LogP contribution in [0.25, 0.3) is 0 Å². The van der Waals surface area contributed by atoms with Gasteiger partial charge in [-0.15, -0.1) is 0 Å². The lowest BCUT2D eigenvalue weighted by atomic mass is 10.2. The summed E-state index contributed by atoms with van der Waals surface area (Å²) in [5.41, 5.74) is 0.239. The molecule has 1 amide bonds. The lowest BCUT2D eigenvalue weighted by molar-refractivity contribution is 0.0587. The molecular weight excluding hydrogens is 305 g/mol. The Bertz CT molecular complexity index is 394. The highest BCUT2D eigenvalue weighted by molar-refractivity contribution is 9.10. The summed E-state index contributed by atoms with van der Waals surface area (Å²) in [5.74, 6) is -0.853. The van der Waals surface area contributed by atoms with E-state index in [4.69, 9.17) is 4.74 Å². The van der Waals surface area contributed by atoms with Crippen LogP contribution in [0, 0.1) is 5.82 Å². The summed E-state index contributed by atoms with van der Waals surface area (Å²) in [6.07, 6.45) is -0.231. The molecule has 1 atom stereocenters. The predicted octanol–water partition coefficient (Wildman–Crippen LogP) is 1.72. The first-order chi connectivity index (χ1) is 8.52. The van der Waals surface area contributed by atoms with E-state index in [0.29, 0.717) is 17.4 Å². The number of carbonyl (C=O) groups excluding carboxylic acids is 1. The molecule has 0 aliphatic carbocycles. The van der Waals surface area contributed by atoms with Gasteiger partial charge in [-0.05, 0) is 24.6 Å². The summed E-state index contributed by atoms with van der Waals surface area (Å²) >= 11 is 3.12. The minimum absolute atomic E-state index is 0.224. The fourth-order valence-electron chi connectivity index (χ4n) is 1.42. The summed E-state index contributed by atoms with van der Waals surface area (Å²) in [6.45, 7) is 0.527. The Morgan fingerprint density at radius 2 is 2.28 bits per heavy atom. The molecule has 18 heavy (non-hydrogen) atoms. The third-order valence-electron chi connectivity index (χ3n) is 2.25. The third-order valence-corrected chi connectivity index (χ3v) is 2.70. The number of aliphatic hydroxyl groups excluding tert-OH is 1. The first-order valence-electron chi connectivity index (χ1n) is 5.44. The molecule has 0 saturated carbocycles. The van der Waals surface area contributed by atoms with E-state index in [1.54, 1.807) is 0 Å². The van der Waals surface area contributed by atoms with Crippen molar-refractivity contribution in [3.8, 4) is 0 Å². The van der Waals surface area contributed by atoms with Crippen molar-refractivity contribution in [2.45, 2.75) is 12.5 Å². The fraction of sp³-hybridized carbons (Fsp3) is 0.417. The number of hydrogen-bond acceptors (Lipinski definition) is 3. The first-order valence-corrected chi connectivity index (χ1v) is 6.23. The molecule has 1 aromatic rings. The Morgan fingerprint density at radius 1 is 1.56 bits per heavy atom. The van der Waals surface area contributed by atoms with Gasteiger partial charge in [-0.2, -0.15) is 0 Å². The van der Waals surface area contributed by atoms with Gasteiger partial charge in [0.15, 0.2) is 0 Å². The molecular formula is C12H15BrFNO3. The van der Waals surface area contributed by atoms with Gasteiger partial charge in [0.1, 0.15) is 5.82 Å². The van der Waals surface area contributed by atoms with Gasteiger partial charge in [0.2, 0.25) is 0 Å². The maximum absolute atomic E-state index is 13.1. The van der Waals surface area contributed by atoms with E-state index < -0.39 is 11.9 Å². The Kier molecular flexibility index (Phi) is 6.24. The van der Waals surface area contributed by atoms with E-state index in [9.17, 15) is 14.3 Å². The van der Waals surface area contributed by atoms with Gasteiger partial charge in [-0.25, -0.2) is 4.39 Å². The van der Waals surface area contributed by atoms with Crippen LogP contribution in [0.3, 0.4) is 0 Å². The van der Waals surface area contributed by atoms with Crippen LogP contribution >= 0.6 is 15.9 Å². The van der Waals surface area contributed by atoms with Crippen molar-refractivity contribution in [1.82, 2.24) is 5.32 Å². The van der Waals surface area contributed by atoms with E-state index in [-0.39, 0.29) is 18.1 Å². The van der Waals surface area contributed by atoms with Gasteiger partial charge in [0.25, 0.3) is 5.91 Å². The highest BCUT2D eigenvalue weighted by Crippen LogP contribution is 2.14. The number of amides is 1. The summed E-state index contributed by atoms with van der Waals surface area (Å²) in [5, 5.41) is 12.0. The molecule has 0 aliphatic heterocycles. The van der Waals surface area contributed by atoms with Gasteiger partial charge in [0.05, 0.1) is 12.7 Å². The van der Waals surface area contributed by atoms with Crippen LogP contribution in [-0.4, -0.2) is 37.4 Å². The second-order valence-corrected chi connectivity index (χ2v) is 4.73. The SMILES string of the molecule is COCC(O)CCNC(=O)c1cc(F)cc(Br)c1. The fourth-order valence-corrected chi connectivity index (χ4v) is 1.88. The maximum atomic E-state index is 13.1. The number of methoxy groups -OCH3 is 1. The minimum Gasteiger partial charge on any atom is -0.391 e. The molecule has 2 N–H and O–H groups in total. The molecule has 0 bridgehead atoms. The Hall–Kier alpha value is -0.980. The molecule has 100 valence electrons. The van der Waals surface area contributed by atoms with Crippen molar-refractivity contribution < 1.29 is 19.0 Å². The van der Waals surface area contributed by atoms with Crippen LogP contribution in [0.15, 0.2) is 22.7 Å². The quantitative estimate of drug-likeness (QED) is 0.839. The standard InChI is InChI=1S/C12H15BrFNO3/c1-18-7-11(16)2-3-15-12(17)8-4-9(13)6-10(14)5-8/h4-6,11,16H,2-3,7H2,1H3,(H,15,17). The van der Waals surface area contributed by atoms with Crippen LogP contribution in [0.2, 0.25) is 0 Å². The molecule has 0 spiro atoms. The monoisotopic (exact) mass is 319 g/mol. The summed E-state index contributed by atoms with van der Waals surface area (Å²) < 4.78 is 18.3. The van der Waals surface area contributed by atoms with Crippen LogP contribution < -0.4 is 5.32 Å². The van der Waals surface area contributed by atoms with Gasteiger partial charge >= 0.3 is 0 Å². The number of benzene rings is 1. The number of rotatable bonds is 6. The summed E-state index contributed by atoms with van der Waals surface area (Å²) in [4.78, 5) is 11.7. The Labute approximate surface area is 113 Å². The van der Waals surface area contributed by atoms with Crippen molar-refractivity contribution in [3.63, 3.8) is 0 Å². The minimum atomic E-state index is -0.616. The molecule has 0 aliphatic rings. The normalized spacial score (nSPS) is 12.2. The van der Waals surface area contributed by atoms with Gasteiger partial charge in [0, 0.05) is 23.7 Å². The highest BCUT2D eigenvalue weighted by Gasteiger charge is 2.09. The van der Waals surface area contributed by atoms with Crippen LogP contribution in [0.1, 0.15) is 16.8 Å². The summed E-state index contributed by atoms with van der Waals surface area (Å²) in [7, 11) is 1.49.